The summed E-state index contributed by atoms with van der Waals surface area (Å²) in [5.41, 5.74) is 0.461. The molecule has 0 aromatic carbocycles. The van der Waals surface area contributed by atoms with Crippen molar-refractivity contribution < 1.29 is 9.72 Å². The molecule has 8 heteroatoms. The van der Waals surface area contributed by atoms with E-state index in [1.807, 2.05) is 17.5 Å². The molecule has 1 aliphatic rings. The van der Waals surface area contributed by atoms with E-state index >= 15 is 0 Å². The molecule has 126 valence electrons. The Bertz CT molecular complexity index is 740. The molecule has 0 spiro atoms. The zero-order chi connectivity index (χ0) is 17.1. The highest BCUT2D eigenvalue weighted by molar-refractivity contribution is 7.12. The Morgan fingerprint density at radius 3 is 2.71 bits per heavy atom. The van der Waals surface area contributed by atoms with Gasteiger partial charge >= 0.3 is 0 Å². The highest BCUT2D eigenvalue weighted by atomic mass is 32.1. The predicted octanol–water partition coefficient (Wildman–Crippen LogP) is 2.76. The molecule has 3 rings (SSSR count). The minimum atomic E-state index is -0.418. The third kappa shape index (κ3) is 3.53. The van der Waals surface area contributed by atoms with Crippen LogP contribution in [-0.2, 0) is 0 Å². The number of hydrogen-bond acceptors (Lipinski definition) is 6. The Morgan fingerprint density at radius 2 is 2.12 bits per heavy atom. The Kier molecular flexibility index (Phi) is 4.75. The molecule has 0 radical (unpaired) electrons. The third-order valence-electron chi connectivity index (χ3n) is 4.14. The molecule has 1 fully saturated rings. The molecule has 0 saturated carbocycles. The molecule has 1 amide bonds. The molecular formula is C16H18N4O3S. The van der Waals surface area contributed by atoms with Gasteiger partial charge in [0.15, 0.2) is 0 Å². The van der Waals surface area contributed by atoms with E-state index < -0.39 is 4.92 Å². The summed E-state index contributed by atoms with van der Waals surface area (Å²) in [6.07, 6.45) is 1.66. The van der Waals surface area contributed by atoms with Crippen molar-refractivity contribution in [3.05, 3.63) is 50.3 Å². The Morgan fingerprint density at radius 1 is 1.38 bits per heavy atom. The van der Waals surface area contributed by atoms with Crippen LogP contribution < -0.4 is 10.2 Å². The van der Waals surface area contributed by atoms with Gasteiger partial charge in [-0.25, -0.2) is 4.98 Å². The molecule has 24 heavy (non-hydrogen) atoms. The van der Waals surface area contributed by atoms with E-state index in [-0.39, 0.29) is 17.6 Å². The standard InChI is InChI=1S/C16H18N4O3S/c1-11-13(20(22)23)4-5-15(17-11)19-8-6-12(7-9-19)18-16(21)14-3-2-10-24-14/h2-5,10,12H,6-9H2,1H3,(H,18,21). The quantitative estimate of drug-likeness (QED) is 0.679. The number of carbonyl (C=O) groups excluding carboxylic acids is 1. The van der Waals surface area contributed by atoms with Crippen LogP contribution in [-0.4, -0.2) is 34.9 Å². The van der Waals surface area contributed by atoms with Gasteiger partial charge in [-0.05, 0) is 37.3 Å². The third-order valence-corrected chi connectivity index (χ3v) is 5.01. The van der Waals surface area contributed by atoms with Gasteiger partial charge in [-0.3, -0.25) is 14.9 Å². The molecule has 7 nitrogen and oxygen atoms in total. The largest absolute Gasteiger partial charge is 0.356 e. The minimum absolute atomic E-state index is 0.0206. The van der Waals surface area contributed by atoms with Gasteiger partial charge in [0, 0.05) is 25.2 Å². The molecule has 0 bridgehead atoms. The maximum Gasteiger partial charge on any atom is 0.290 e. The van der Waals surface area contributed by atoms with E-state index in [1.54, 1.807) is 13.0 Å². The first-order valence-corrected chi connectivity index (χ1v) is 8.64. The smallest absolute Gasteiger partial charge is 0.290 e. The lowest BCUT2D eigenvalue weighted by molar-refractivity contribution is -0.385. The van der Waals surface area contributed by atoms with Crippen molar-refractivity contribution in [1.82, 2.24) is 10.3 Å². The molecule has 3 heterocycles. The van der Waals surface area contributed by atoms with Crippen LogP contribution in [0.1, 0.15) is 28.2 Å². The number of rotatable bonds is 4. The number of anilines is 1. The molecule has 2 aromatic heterocycles. The van der Waals surface area contributed by atoms with Crippen LogP contribution in [0, 0.1) is 17.0 Å². The molecule has 1 aliphatic heterocycles. The van der Waals surface area contributed by atoms with E-state index in [0.29, 0.717) is 5.69 Å². The van der Waals surface area contributed by atoms with Gasteiger partial charge in [0.2, 0.25) is 0 Å². The van der Waals surface area contributed by atoms with Crippen LogP contribution in [0.3, 0.4) is 0 Å². The second-order valence-corrected chi connectivity index (χ2v) is 6.69. The second kappa shape index (κ2) is 6.96. The van der Waals surface area contributed by atoms with Gasteiger partial charge in [0.1, 0.15) is 11.5 Å². The number of aryl methyl sites for hydroxylation is 1. The maximum absolute atomic E-state index is 12.1. The molecule has 0 atom stereocenters. The van der Waals surface area contributed by atoms with Crippen LogP contribution in [0.2, 0.25) is 0 Å². The zero-order valence-corrected chi connectivity index (χ0v) is 14.1. The summed E-state index contributed by atoms with van der Waals surface area (Å²) in [5, 5.41) is 15.8. The number of nitro groups is 1. The molecule has 0 aliphatic carbocycles. The average molecular weight is 346 g/mol. The summed E-state index contributed by atoms with van der Waals surface area (Å²) in [7, 11) is 0. The van der Waals surface area contributed by atoms with Crippen molar-refractivity contribution in [1.29, 1.82) is 0 Å². The summed E-state index contributed by atoms with van der Waals surface area (Å²) in [4.78, 5) is 29.7. The van der Waals surface area contributed by atoms with Crippen molar-refractivity contribution in [2.45, 2.75) is 25.8 Å². The lowest BCUT2D eigenvalue weighted by Gasteiger charge is -2.33. The average Bonchev–Trinajstić information content (AvgIpc) is 3.09. The fraction of sp³-hybridized carbons (Fsp3) is 0.375. The van der Waals surface area contributed by atoms with E-state index in [9.17, 15) is 14.9 Å². The monoisotopic (exact) mass is 346 g/mol. The summed E-state index contributed by atoms with van der Waals surface area (Å²) in [6, 6.07) is 7.02. The maximum atomic E-state index is 12.1. The first-order valence-electron chi connectivity index (χ1n) is 7.76. The fourth-order valence-electron chi connectivity index (χ4n) is 2.83. The van der Waals surface area contributed by atoms with Gasteiger partial charge in [0.25, 0.3) is 11.6 Å². The van der Waals surface area contributed by atoms with Crippen molar-refractivity contribution in [3.63, 3.8) is 0 Å². The van der Waals surface area contributed by atoms with E-state index in [0.717, 1.165) is 36.6 Å². The van der Waals surface area contributed by atoms with Gasteiger partial charge in [-0.1, -0.05) is 6.07 Å². The van der Waals surface area contributed by atoms with Crippen LogP contribution in [0.4, 0.5) is 11.5 Å². The number of thiophene rings is 1. The second-order valence-electron chi connectivity index (χ2n) is 5.74. The number of pyridine rings is 1. The summed E-state index contributed by atoms with van der Waals surface area (Å²) < 4.78 is 0. The molecular weight excluding hydrogens is 328 g/mol. The highest BCUT2D eigenvalue weighted by Gasteiger charge is 2.23. The number of carbonyl (C=O) groups is 1. The molecule has 0 unspecified atom stereocenters. The van der Waals surface area contributed by atoms with Gasteiger partial charge in [0.05, 0.1) is 9.80 Å². The Hall–Kier alpha value is -2.48. The summed E-state index contributed by atoms with van der Waals surface area (Å²) in [6.45, 7) is 3.18. The number of nitrogens with one attached hydrogen (secondary N) is 1. The lowest BCUT2D eigenvalue weighted by atomic mass is 10.0. The van der Waals surface area contributed by atoms with Crippen molar-refractivity contribution in [2.75, 3.05) is 18.0 Å². The first kappa shape index (κ1) is 16.4. The Labute approximate surface area is 143 Å². The van der Waals surface area contributed by atoms with Crippen LogP contribution >= 0.6 is 11.3 Å². The normalized spacial score (nSPS) is 15.3. The van der Waals surface area contributed by atoms with Gasteiger partial charge in [-0.2, -0.15) is 0 Å². The van der Waals surface area contributed by atoms with Gasteiger partial charge in [-0.15, -0.1) is 11.3 Å². The fourth-order valence-corrected chi connectivity index (χ4v) is 3.45. The Balaban J connectivity index is 1.58. The van der Waals surface area contributed by atoms with E-state index in [1.165, 1.54) is 17.4 Å². The number of amides is 1. The first-order chi connectivity index (χ1) is 11.5. The predicted molar refractivity (Wildman–Crippen MR) is 92.6 cm³/mol. The summed E-state index contributed by atoms with van der Waals surface area (Å²) >= 11 is 1.43. The number of aromatic nitrogens is 1. The lowest BCUT2D eigenvalue weighted by Crippen LogP contribution is -2.44. The van der Waals surface area contributed by atoms with E-state index in [4.69, 9.17) is 0 Å². The van der Waals surface area contributed by atoms with Gasteiger partial charge < -0.3 is 10.2 Å². The topological polar surface area (TPSA) is 88.4 Å². The molecule has 2 aromatic rings. The SMILES string of the molecule is Cc1nc(N2CCC(NC(=O)c3cccs3)CC2)ccc1[N+](=O)[O-]. The van der Waals surface area contributed by atoms with Crippen LogP contribution in [0.25, 0.3) is 0 Å². The molecule has 1 N–H and O–H groups in total. The minimum Gasteiger partial charge on any atom is -0.356 e. The van der Waals surface area contributed by atoms with Crippen LogP contribution in [0.15, 0.2) is 29.6 Å². The number of piperidine rings is 1. The summed E-state index contributed by atoms with van der Waals surface area (Å²) in [5.74, 6) is 0.730. The number of hydrogen-bond donors (Lipinski definition) is 1. The van der Waals surface area contributed by atoms with E-state index in [2.05, 4.69) is 15.2 Å². The number of nitrogens with zero attached hydrogens (tertiary/aromatic N) is 3. The van der Waals surface area contributed by atoms with Crippen LogP contribution in [0.5, 0.6) is 0 Å². The van der Waals surface area contributed by atoms with Crippen molar-refractivity contribution >= 4 is 28.7 Å². The van der Waals surface area contributed by atoms with Crippen molar-refractivity contribution in [2.24, 2.45) is 0 Å². The molecule has 1 saturated heterocycles. The van der Waals surface area contributed by atoms with Crippen molar-refractivity contribution in [3.8, 4) is 0 Å². The zero-order valence-electron chi connectivity index (χ0n) is 13.3. The highest BCUT2D eigenvalue weighted by Crippen LogP contribution is 2.23.